The van der Waals surface area contributed by atoms with Gasteiger partial charge in [-0.05, 0) is 6.42 Å². The average molecular weight is 1010 g/mol. The third kappa shape index (κ3) is 23.2. The lowest BCUT2D eigenvalue weighted by Crippen LogP contribution is -2.58. The van der Waals surface area contributed by atoms with Crippen LogP contribution in [0.3, 0.4) is 0 Å². The van der Waals surface area contributed by atoms with Crippen molar-refractivity contribution in [3.8, 4) is 0 Å². The summed E-state index contributed by atoms with van der Waals surface area (Å²) in [6.45, 7) is 9.67. The van der Waals surface area contributed by atoms with Gasteiger partial charge in [-0.2, -0.15) is 0 Å². The highest BCUT2D eigenvalue weighted by Crippen LogP contribution is 2.25. The fourth-order valence-electron chi connectivity index (χ4n) is 5.59. The Kier molecular flexibility index (Phi) is 31.5. The van der Waals surface area contributed by atoms with E-state index in [0.29, 0.717) is 0 Å². The average Bonchev–Trinajstić information content (AvgIpc) is 3.35. The quantitative estimate of drug-likeness (QED) is 0.0512. The van der Waals surface area contributed by atoms with Crippen LogP contribution in [0, 0.1) is 0 Å². The first kappa shape index (κ1) is 63.5. The smallest absolute Gasteiger partial charge is 0.351 e. The monoisotopic (exact) mass is 1010 g/mol. The molecule has 0 fully saturated rings. The molecule has 0 aromatic rings. The number of Topliss-reactive ketones (excluding diaryl/α,β-unsaturated/α-hetero) is 2. The Morgan fingerprint density at radius 3 is 1.07 bits per heavy atom. The zero-order chi connectivity index (χ0) is 53.5. The van der Waals surface area contributed by atoms with Gasteiger partial charge in [-0.3, -0.25) is 57.5 Å². The lowest BCUT2D eigenvalue weighted by atomic mass is 9.95. The van der Waals surface area contributed by atoms with E-state index in [1.807, 2.05) is 0 Å². The molecule has 2 N–H and O–H groups in total. The number of rotatable bonds is 36. The summed E-state index contributed by atoms with van der Waals surface area (Å²) in [5.74, 6) is -14.8. The first-order chi connectivity index (χ1) is 33.1. The molecule has 0 radical (unpaired) electrons. The summed E-state index contributed by atoms with van der Waals surface area (Å²) in [4.78, 5) is 169. The van der Waals surface area contributed by atoms with Crippen LogP contribution in [0.4, 0.5) is 0 Å². The van der Waals surface area contributed by atoms with Crippen molar-refractivity contribution in [3.63, 3.8) is 0 Å². The molecule has 0 saturated carbocycles. The molecule has 0 unspecified atom stereocenters. The molecule has 0 aromatic heterocycles. The molecule has 70 heavy (non-hydrogen) atoms. The molecule has 25 nitrogen and oxygen atoms in total. The number of carbonyl (C=O) groups is 13. The molecule has 0 aliphatic carbocycles. The second kappa shape index (κ2) is 34.7. The molecule has 0 saturated heterocycles. The van der Waals surface area contributed by atoms with E-state index in [1.165, 1.54) is 62.5 Å². The van der Waals surface area contributed by atoms with Gasteiger partial charge in [0.2, 0.25) is 24.4 Å². The first-order valence-electron chi connectivity index (χ1n) is 22.9. The molecule has 0 bridgehead atoms. The Bertz CT molecular complexity index is 1810. The van der Waals surface area contributed by atoms with Crippen molar-refractivity contribution in [2.75, 3.05) is 26.9 Å². The van der Waals surface area contributed by atoms with E-state index in [-0.39, 0.29) is 45.1 Å². The predicted molar refractivity (Wildman–Crippen MR) is 233 cm³/mol. The van der Waals surface area contributed by atoms with E-state index in [0.717, 1.165) is 0 Å². The first-order valence-corrected chi connectivity index (χ1v) is 22.9. The largest absolute Gasteiger partial charge is 0.481 e. The Morgan fingerprint density at radius 2 is 0.714 bits per heavy atom. The van der Waals surface area contributed by atoms with Gasteiger partial charge in [-0.15, -0.1) is 0 Å². The van der Waals surface area contributed by atoms with E-state index in [9.17, 15) is 67.4 Å². The van der Waals surface area contributed by atoms with Gasteiger partial charge < -0.3 is 57.8 Å². The number of esters is 9. The van der Waals surface area contributed by atoms with Crippen LogP contribution in [0.5, 0.6) is 0 Å². The lowest BCUT2D eigenvalue weighted by Gasteiger charge is -2.35. The van der Waals surface area contributed by atoms with Crippen LogP contribution in [0.2, 0.25) is 0 Å². The summed E-state index contributed by atoms with van der Waals surface area (Å²) in [7, 11) is 1.29. The molecule has 396 valence electrons. The second-order valence-corrected chi connectivity index (χ2v) is 14.7. The number of ketones is 2. The van der Waals surface area contributed by atoms with Gasteiger partial charge in [0.1, 0.15) is 6.61 Å². The summed E-state index contributed by atoms with van der Waals surface area (Å²) in [5, 5.41) is 11.6. The highest BCUT2D eigenvalue weighted by Gasteiger charge is 2.51. The SMILES string of the molecule is CCC(=O)O[C@H]([C@H](OC(=O)CC)[C@H](OC(=O)CC)C(=O)NCCCC(=O)[C@H](OC(=O)CC)[C@H](OC(=O)CC)[C@H](OC(=O)CC)[C@H](OC(=O)CC)C(=O)OCCOC)[C@@H](OC(=O)CC)C(=O)CCC(=O)O. The molecule has 1 amide bonds. The van der Waals surface area contributed by atoms with Gasteiger partial charge in [-0.1, -0.05) is 55.4 Å². The number of methoxy groups -OCH3 is 1. The minimum absolute atomic E-state index is 0.137. The van der Waals surface area contributed by atoms with Crippen LogP contribution in [0.15, 0.2) is 0 Å². The Labute approximate surface area is 404 Å². The molecular formula is C45H67NO24. The summed E-state index contributed by atoms with van der Waals surface area (Å²) in [5.41, 5.74) is 0. The number of carboxylic acids is 1. The Morgan fingerprint density at radius 1 is 0.400 bits per heavy atom. The fraction of sp³-hybridized carbons (Fsp3) is 0.711. The number of hydrogen-bond acceptors (Lipinski definition) is 23. The van der Waals surface area contributed by atoms with E-state index in [4.69, 9.17) is 47.4 Å². The topological polar surface area (TPSA) is 346 Å². The number of carboxylic acid groups (broad SMARTS) is 1. The van der Waals surface area contributed by atoms with Gasteiger partial charge in [0, 0.05) is 77.9 Å². The fourth-order valence-corrected chi connectivity index (χ4v) is 5.59. The normalized spacial score (nSPS) is 14.2. The number of nitrogens with one attached hydrogen (secondary N) is 1. The van der Waals surface area contributed by atoms with Crippen molar-refractivity contribution in [2.45, 2.75) is 181 Å². The van der Waals surface area contributed by atoms with Crippen molar-refractivity contribution < 1.29 is 115 Å². The van der Waals surface area contributed by atoms with Crippen LogP contribution >= 0.6 is 0 Å². The molecule has 0 spiro atoms. The minimum Gasteiger partial charge on any atom is -0.481 e. The summed E-state index contributed by atoms with van der Waals surface area (Å²) >= 11 is 0. The van der Waals surface area contributed by atoms with Crippen LogP contribution < -0.4 is 5.32 Å². The van der Waals surface area contributed by atoms with Crippen LogP contribution in [-0.2, 0) is 110 Å². The second-order valence-electron chi connectivity index (χ2n) is 14.7. The van der Waals surface area contributed by atoms with E-state index in [2.05, 4.69) is 5.32 Å². The highest BCUT2D eigenvalue weighted by atomic mass is 16.7. The van der Waals surface area contributed by atoms with E-state index < -0.39 is 178 Å². The zero-order valence-corrected chi connectivity index (χ0v) is 41.1. The Hall–Kier alpha value is -6.53. The van der Waals surface area contributed by atoms with E-state index >= 15 is 0 Å². The maximum absolute atomic E-state index is 14.2. The summed E-state index contributed by atoms with van der Waals surface area (Å²) < 4.78 is 53.5. The molecule has 0 aliphatic rings. The molecule has 25 heteroatoms. The molecule has 0 heterocycles. The van der Waals surface area contributed by atoms with Gasteiger partial charge in [0.05, 0.1) is 13.0 Å². The number of ether oxygens (including phenoxy) is 10. The van der Waals surface area contributed by atoms with Crippen LogP contribution in [-0.4, -0.2) is 158 Å². The van der Waals surface area contributed by atoms with Gasteiger partial charge in [0.25, 0.3) is 5.91 Å². The number of amides is 1. The molecular weight excluding hydrogens is 938 g/mol. The third-order valence-electron chi connectivity index (χ3n) is 9.40. The highest BCUT2D eigenvalue weighted by molar-refractivity contribution is 5.91. The van der Waals surface area contributed by atoms with Crippen LogP contribution in [0.1, 0.15) is 132 Å². The zero-order valence-electron chi connectivity index (χ0n) is 41.1. The lowest BCUT2D eigenvalue weighted by molar-refractivity contribution is -0.207. The number of carbonyl (C=O) groups excluding carboxylic acids is 12. The maximum Gasteiger partial charge on any atom is 0.351 e. The number of aliphatic carboxylic acids is 1. The van der Waals surface area contributed by atoms with Crippen molar-refractivity contribution in [3.05, 3.63) is 0 Å². The standard InChI is InChI=1S/C45H67NO24/c1-10-28(51)63-36(39(66-31(54)13-4)41(68-33(56)15-6)43(70-35(58)17-8)45(60)62-24-23-61-9)25(47)19-18-22-46-44(59)42(69-34(57)16-7)40(67-32(55)14-5)38(65-30(53)12-3)37(64-29(52)11-2)26(48)20-21-27(49)50/h36-43H,10-24H2,1-9H3,(H,46,59)(H,49,50)/t36-,37-,38-,39-,40-,41-,42-,43-/m0/s1. The molecule has 0 aromatic carbocycles. The van der Waals surface area contributed by atoms with Crippen molar-refractivity contribution in [1.29, 1.82) is 0 Å². The Balaban J connectivity index is 7.46. The van der Waals surface area contributed by atoms with Crippen molar-refractivity contribution in [2.24, 2.45) is 0 Å². The van der Waals surface area contributed by atoms with Crippen molar-refractivity contribution >= 4 is 77.2 Å². The van der Waals surface area contributed by atoms with Crippen molar-refractivity contribution in [1.82, 2.24) is 5.32 Å². The molecule has 0 aliphatic heterocycles. The van der Waals surface area contributed by atoms with Gasteiger partial charge >= 0.3 is 59.7 Å². The third-order valence-corrected chi connectivity index (χ3v) is 9.40. The minimum atomic E-state index is -2.29. The summed E-state index contributed by atoms with van der Waals surface area (Å²) in [6.07, 6.45) is -23.3. The maximum atomic E-state index is 14.2. The molecule has 0 rings (SSSR count). The molecule has 8 atom stereocenters. The summed E-state index contributed by atoms with van der Waals surface area (Å²) in [6, 6.07) is 0. The number of hydrogen-bond donors (Lipinski definition) is 2. The van der Waals surface area contributed by atoms with Gasteiger partial charge in [0.15, 0.2) is 36.0 Å². The predicted octanol–water partition coefficient (Wildman–Crippen LogP) is 1.65. The van der Waals surface area contributed by atoms with E-state index in [1.54, 1.807) is 0 Å². The van der Waals surface area contributed by atoms with Gasteiger partial charge in [-0.25, -0.2) is 4.79 Å². The van der Waals surface area contributed by atoms with Crippen LogP contribution in [0.25, 0.3) is 0 Å².